The third kappa shape index (κ3) is 5.16. The quantitative estimate of drug-likeness (QED) is 0.212. The number of rotatable bonds is 8. The van der Waals surface area contributed by atoms with Crippen molar-refractivity contribution in [3.63, 3.8) is 0 Å². The molecule has 8 N–H and O–H groups in total. The van der Waals surface area contributed by atoms with Crippen molar-refractivity contribution in [2.45, 2.75) is 36.6 Å². The number of carboxylic acid groups (broad SMARTS) is 1. The summed E-state index contributed by atoms with van der Waals surface area (Å²) in [6.07, 6.45) is -7.96. The third-order valence-electron chi connectivity index (χ3n) is 3.07. The first-order valence-electron chi connectivity index (χ1n) is 6.52. The second-order valence-corrected chi connectivity index (χ2v) is 6.26. The smallest absolute Gasteiger partial charge is 0.472 e. The largest absolute Gasteiger partial charge is 0.477 e. The number of phosphoric ester groups is 1. The van der Waals surface area contributed by atoms with Crippen molar-refractivity contribution in [2.24, 2.45) is 5.73 Å². The van der Waals surface area contributed by atoms with Gasteiger partial charge in [0.25, 0.3) is 5.79 Å². The lowest BCUT2D eigenvalue weighted by Crippen LogP contribution is -2.62. The summed E-state index contributed by atoms with van der Waals surface area (Å²) in [5.74, 6) is -4.71. The van der Waals surface area contributed by atoms with Crippen LogP contribution >= 0.6 is 7.82 Å². The lowest BCUT2D eigenvalue weighted by Gasteiger charge is -2.42. The Morgan fingerprint density at radius 1 is 1.48 bits per heavy atom. The molecule has 1 saturated heterocycles. The van der Waals surface area contributed by atoms with Crippen molar-refractivity contribution in [2.75, 3.05) is 19.8 Å². The van der Waals surface area contributed by atoms with Crippen LogP contribution in [0.15, 0.2) is 0 Å². The number of nitrogens with two attached hydrogens (primary N) is 1. The van der Waals surface area contributed by atoms with E-state index in [1.807, 2.05) is 0 Å². The van der Waals surface area contributed by atoms with Gasteiger partial charge in [-0.05, 0) is 0 Å². The Kier molecular flexibility index (Phi) is 7.04. The number of aliphatic carboxylic acids is 1. The van der Waals surface area contributed by atoms with E-state index in [2.05, 4.69) is 9.05 Å². The predicted molar refractivity (Wildman–Crippen MR) is 70.9 cm³/mol. The minimum Gasteiger partial charge on any atom is -0.477 e. The van der Waals surface area contributed by atoms with Crippen LogP contribution in [0.1, 0.15) is 6.42 Å². The minimum atomic E-state index is -4.70. The number of hydrogen-bond donors (Lipinski definition) is 7. The summed E-state index contributed by atoms with van der Waals surface area (Å²) in [5.41, 5.74) is 5.09. The van der Waals surface area contributed by atoms with E-state index in [1.54, 1.807) is 0 Å². The van der Waals surface area contributed by atoms with Gasteiger partial charge < -0.3 is 40.9 Å². The number of phosphoric acid groups is 1. The maximum atomic E-state index is 11.6. The van der Waals surface area contributed by atoms with Crippen molar-refractivity contribution in [1.82, 2.24) is 0 Å². The zero-order valence-electron chi connectivity index (χ0n) is 11.9. The SMILES string of the molecule is NCCOP(=O)(O)O[C@@H](CO)[C@H]1O[C@](O)(C(=O)O)C[C@@H](O)[C@H]1O. The van der Waals surface area contributed by atoms with E-state index in [0.717, 1.165) is 0 Å². The Morgan fingerprint density at radius 3 is 2.57 bits per heavy atom. The molecule has 1 fully saturated rings. The van der Waals surface area contributed by atoms with Gasteiger partial charge in [0.05, 0.1) is 19.3 Å². The average Bonchev–Trinajstić information content (AvgIpc) is 2.46. The van der Waals surface area contributed by atoms with Gasteiger partial charge >= 0.3 is 13.8 Å². The Labute approximate surface area is 130 Å². The highest BCUT2D eigenvalue weighted by molar-refractivity contribution is 7.47. The molecule has 12 nitrogen and oxygen atoms in total. The summed E-state index contributed by atoms with van der Waals surface area (Å²) in [5, 5.41) is 47.4. The highest BCUT2D eigenvalue weighted by Crippen LogP contribution is 2.46. The summed E-state index contributed by atoms with van der Waals surface area (Å²) in [6.45, 7) is -1.44. The molecule has 0 aromatic rings. The molecule has 0 aromatic carbocycles. The van der Waals surface area contributed by atoms with Crippen molar-refractivity contribution in [1.29, 1.82) is 0 Å². The Bertz CT molecular complexity index is 462. The van der Waals surface area contributed by atoms with Crippen LogP contribution in [0.2, 0.25) is 0 Å². The van der Waals surface area contributed by atoms with Gasteiger partial charge in [0.15, 0.2) is 0 Å². The van der Waals surface area contributed by atoms with Gasteiger partial charge in [0, 0.05) is 13.0 Å². The van der Waals surface area contributed by atoms with Gasteiger partial charge in [-0.1, -0.05) is 0 Å². The summed E-state index contributed by atoms with van der Waals surface area (Å²) in [4.78, 5) is 20.4. The number of carboxylic acids is 1. The number of hydrogen-bond acceptors (Lipinski definition) is 10. The van der Waals surface area contributed by atoms with E-state index < -0.39 is 57.0 Å². The summed E-state index contributed by atoms with van der Waals surface area (Å²) >= 11 is 0. The van der Waals surface area contributed by atoms with Gasteiger partial charge in [-0.25, -0.2) is 9.36 Å². The highest BCUT2D eigenvalue weighted by Gasteiger charge is 2.53. The van der Waals surface area contributed by atoms with Crippen molar-refractivity contribution < 1.29 is 53.6 Å². The average molecular weight is 361 g/mol. The Balaban J connectivity index is 2.93. The molecule has 0 aromatic heterocycles. The number of carbonyl (C=O) groups is 1. The van der Waals surface area contributed by atoms with E-state index in [0.29, 0.717) is 0 Å². The van der Waals surface area contributed by atoms with Crippen LogP contribution in [-0.2, 0) is 23.1 Å². The van der Waals surface area contributed by atoms with Crippen LogP contribution in [-0.4, -0.2) is 86.4 Å². The predicted octanol–water partition coefficient (Wildman–Crippen LogP) is -3.28. The molecule has 0 aliphatic carbocycles. The lowest BCUT2D eigenvalue weighted by atomic mass is 9.93. The summed E-state index contributed by atoms with van der Waals surface area (Å²) in [6, 6.07) is 0. The topological polar surface area (TPSA) is 209 Å². The Morgan fingerprint density at radius 2 is 2.09 bits per heavy atom. The van der Waals surface area contributed by atoms with Crippen molar-refractivity contribution in [3.8, 4) is 0 Å². The molecular weight excluding hydrogens is 341 g/mol. The fraction of sp³-hybridized carbons (Fsp3) is 0.900. The fourth-order valence-corrected chi connectivity index (χ4v) is 2.89. The molecule has 1 heterocycles. The molecule has 6 atom stereocenters. The van der Waals surface area contributed by atoms with Crippen molar-refractivity contribution in [3.05, 3.63) is 0 Å². The minimum absolute atomic E-state index is 0.0995. The van der Waals surface area contributed by atoms with Crippen LogP contribution in [0, 0.1) is 0 Å². The molecule has 0 saturated carbocycles. The van der Waals surface area contributed by atoms with Crippen LogP contribution in [0.25, 0.3) is 0 Å². The molecule has 136 valence electrons. The van der Waals surface area contributed by atoms with Crippen LogP contribution in [0.4, 0.5) is 0 Å². The second kappa shape index (κ2) is 7.94. The van der Waals surface area contributed by atoms with Crippen LogP contribution < -0.4 is 5.73 Å². The van der Waals surface area contributed by atoms with E-state index in [1.165, 1.54) is 0 Å². The standard InChI is InChI=1S/C10H20NO11P/c11-1-2-20-23(18,19)22-6(4-12)8-7(14)5(13)3-10(17,21-8)9(15)16/h5-8,12-14,17H,1-4,11H2,(H,15,16)(H,18,19)/t5-,6+,7-,8-,10+/m1/s1. The molecule has 1 rings (SSSR count). The molecule has 0 bridgehead atoms. The van der Waals surface area contributed by atoms with E-state index in [4.69, 9.17) is 15.6 Å². The molecule has 0 amide bonds. The fourth-order valence-electron chi connectivity index (χ4n) is 1.97. The molecule has 1 aliphatic rings. The summed E-state index contributed by atoms with van der Waals surface area (Å²) < 4.78 is 25.4. The molecular formula is C10H20NO11P. The van der Waals surface area contributed by atoms with E-state index in [-0.39, 0.29) is 13.2 Å². The first-order chi connectivity index (χ1) is 10.6. The highest BCUT2D eigenvalue weighted by atomic mass is 31.2. The molecule has 1 unspecified atom stereocenters. The number of aliphatic hydroxyl groups is 4. The molecule has 0 radical (unpaired) electrons. The monoisotopic (exact) mass is 361 g/mol. The van der Waals surface area contributed by atoms with Gasteiger partial charge in [-0.3, -0.25) is 9.05 Å². The number of ether oxygens (including phenoxy) is 1. The normalized spacial score (nSPS) is 35.5. The molecule has 0 spiro atoms. The first kappa shape index (κ1) is 20.4. The molecule has 23 heavy (non-hydrogen) atoms. The zero-order chi connectivity index (χ0) is 17.8. The van der Waals surface area contributed by atoms with Gasteiger partial charge in [0.2, 0.25) is 0 Å². The Hall–Kier alpha value is -0.660. The second-order valence-electron chi connectivity index (χ2n) is 4.85. The van der Waals surface area contributed by atoms with Crippen LogP contribution in [0.3, 0.4) is 0 Å². The first-order valence-corrected chi connectivity index (χ1v) is 8.02. The third-order valence-corrected chi connectivity index (χ3v) is 4.12. The van der Waals surface area contributed by atoms with Crippen molar-refractivity contribution >= 4 is 13.8 Å². The van der Waals surface area contributed by atoms with Gasteiger partial charge in [-0.15, -0.1) is 0 Å². The van der Waals surface area contributed by atoms with E-state index >= 15 is 0 Å². The lowest BCUT2D eigenvalue weighted by molar-refractivity contribution is -0.307. The van der Waals surface area contributed by atoms with E-state index in [9.17, 15) is 34.7 Å². The molecule has 1 aliphatic heterocycles. The summed E-state index contributed by atoms with van der Waals surface area (Å²) in [7, 11) is -4.70. The van der Waals surface area contributed by atoms with Gasteiger partial charge in [0.1, 0.15) is 18.3 Å². The van der Waals surface area contributed by atoms with Crippen LogP contribution in [0.5, 0.6) is 0 Å². The molecule has 13 heteroatoms. The zero-order valence-corrected chi connectivity index (χ0v) is 12.8. The maximum absolute atomic E-state index is 11.6. The van der Waals surface area contributed by atoms with Gasteiger partial charge in [-0.2, -0.15) is 0 Å². The maximum Gasteiger partial charge on any atom is 0.472 e. The number of aliphatic hydroxyl groups excluding tert-OH is 3.